The number of carbonyl (C=O) groups is 1. The lowest BCUT2D eigenvalue weighted by Gasteiger charge is -2.33. The Hall–Kier alpha value is -1.91. The zero-order valence-electron chi connectivity index (χ0n) is 10.3. The van der Waals surface area contributed by atoms with Gasteiger partial charge in [-0.25, -0.2) is 4.79 Å². The number of amides is 2. The molecule has 0 spiro atoms. The molecule has 2 aliphatic heterocycles. The molecule has 0 bridgehead atoms. The summed E-state index contributed by atoms with van der Waals surface area (Å²) in [6.45, 7) is 0.612. The van der Waals surface area contributed by atoms with Crippen molar-refractivity contribution < 1.29 is 13.6 Å². The highest BCUT2D eigenvalue weighted by atomic mass is 19.3. The van der Waals surface area contributed by atoms with Crippen LogP contribution in [0.3, 0.4) is 0 Å². The molecule has 0 aromatic heterocycles. The molecule has 5 heteroatoms. The second-order valence-electron chi connectivity index (χ2n) is 4.83. The van der Waals surface area contributed by atoms with Crippen molar-refractivity contribution in [1.82, 2.24) is 10.2 Å². The molecule has 2 amide bonds. The summed E-state index contributed by atoms with van der Waals surface area (Å²) in [5, 5.41) is 2.39. The van der Waals surface area contributed by atoms with Crippen LogP contribution in [0, 0.1) is 0 Å². The van der Waals surface area contributed by atoms with E-state index in [4.69, 9.17) is 0 Å². The SMILES string of the molecule is O=C1NC(C(F)(F)c2ccccc2)C=C2CCCN12. The number of nitrogens with one attached hydrogen (secondary N) is 1. The van der Waals surface area contributed by atoms with Gasteiger partial charge in [0.25, 0.3) is 5.92 Å². The van der Waals surface area contributed by atoms with Gasteiger partial charge < -0.3 is 5.32 Å². The molecule has 1 atom stereocenters. The fourth-order valence-corrected chi connectivity index (χ4v) is 2.58. The summed E-state index contributed by atoms with van der Waals surface area (Å²) >= 11 is 0. The van der Waals surface area contributed by atoms with E-state index in [-0.39, 0.29) is 5.56 Å². The van der Waals surface area contributed by atoms with Crippen LogP contribution in [0.4, 0.5) is 13.6 Å². The Bertz CT molecular complexity index is 528. The molecule has 1 unspecified atom stereocenters. The van der Waals surface area contributed by atoms with E-state index in [2.05, 4.69) is 5.32 Å². The molecule has 0 aliphatic carbocycles. The van der Waals surface area contributed by atoms with Crippen molar-refractivity contribution in [2.75, 3.05) is 6.54 Å². The fraction of sp³-hybridized carbons (Fsp3) is 0.357. The summed E-state index contributed by atoms with van der Waals surface area (Å²) in [4.78, 5) is 13.3. The van der Waals surface area contributed by atoms with Gasteiger partial charge in [0, 0.05) is 17.8 Å². The minimum atomic E-state index is -3.10. The normalized spacial score (nSPS) is 22.8. The second-order valence-corrected chi connectivity index (χ2v) is 4.83. The average Bonchev–Trinajstić information content (AvgIpc) is 2.88. The number of rotatable bonds is 2. The summed E-state index contributed by atoms with van der Waals surface area (Å²) in [6, 6.07) is 5.90. The average molecular weight is 264 g/mol. The molecule has 1 fully saturated rings. The first-order valence-electron chi connectivity index (χ1n) is 6.31. The number of halogens is 2. The van der Waals surface area contributed by atoms with Crippen LogP contribution in [0.25, 0.3) is 0 Å². The van der Waals surface area contributed by atoms with Gasteiger partial charge in [-0.1, -0.05) is 30.3 Å². The summed E-state index contributed by atoms with van der Waals surface area (Å²) in [6.07, 6.45) is 3.01. The predicted molar refractivity (Wildman–Crippen MR) is 66.7 cm³/mol. The number of hydrogen-bond acceptors (Lipinski definition) is 1. The smallest absolute Gasteiger partial charge is 0.322 e. The van der Waals surface area contributed by atoms with Crippen molar-refractivity contribution in [2.45, 2.75) is 24.8 Å². The summed E-state index contributed by atoms with van der Waals surface area (Å²) in [7, 11) is 0. The van der Waals surface area contributed by atoms with Crippen LogP contribution in [0.15, 0.2) is 42.1 Å². The molecule has 1 aromatic carbocycles. The molecule has 3 nitrogen and oxygen atoms in total. The van der Waals surface area contributed by atoms with Gasteiger partial charge in [0.1, 0.15) is 6.04 Å². The Labute approximate surface area is 109 Å². The topological polar surface area (TPSA) is 32.3 Å². The molecule has 100 valence electrons. The van der Waals surface area contributed by atoms with E-state index < -0.39 is 18.0 Å². The van der Waals surface area contributed by atoms with Crippen molar-refractivity contribution >= 4 is 6.03 Å². The third kappa shape index (κ3) is 1.99. The first-order valence-corrected chi connectivity index (χ1v) is 6.31. The van der Waals surface area contributed by atoms with Gasteiger partial charge in [-0.2, -0.15) is 8.78 Å². The number of carbonyl (C=O) groups excluding carboxylic acids is 1. The lowest BCUT2D eigenvalue weighted by Crippen LogP contribution is -2.52. The maximum absolute atomic E-state index is 14.4. The van der Waals surface area contributed by atoms with Crippen LogP contribution in [0.2, 0.25) is 0 Å². The Morgan fingerprint density at radius 1 is 1.26 bits per heavy atom. The van der Waals surface area contributed by atoms with Gasteiger partial charge >= 0.3 is 6.03 Å². The molecule has 1 aromatic rings. The second kappa shape index (κ2) is 4.33. The number of alkyl halides is 2. The van der Waals surface area contributed by atoms with E-state index in [0.29, 0.717) is 18.7 Å². The molecule has 2 heterocycles. The number of nitrogens with zero attached hydrogens (tertiary/aromatic N) is 1. The third-order valence-electron chi connectivity index (χ3n) is 3.59. The largest absolute Gasteiger partial charge is 0.325 e. The monoisotopic (exact) mass is 264 g/mol. The lowest BCUT2D eigenvalue weighted by molar-refractivity contribution is -0.0279. The third-order valence-corrected chi connectivity index (χ3v) is 3.59. The molecular weight excluding hydrogens is 250 g/mol. The first kappa shape index (κ1) is 12.1. The molecule has 0 saturated carbocycles. The molecule has 1 N–H and O–H groups in total. The maximum Gasteiger partial charge on any atom is 0.322 e. The number of urea groups is 1. The van der Waals surface area contributed by atoms with Crippen LogP contribution in [-0.4, -0.2) is 23.5 Å². The molecule has 19 heavy (non-hydrogen) atoms. The fourth-order valence-electron chi connectivity index (χ4n) is 2.58. The number of allylic oxidation sites excluding steroid dienone is 1. The quantitative estimate of drug-likeness (QED) is 0.875. The van der Waals surface area contributed by atoms with E-state index in [9.17, 15) is 13.6 Å². The number of benzene rings is 1. The van der Waals surface area contributed by atoms with Crippen LogP contribution < -0.4 is 5.32 Å². The Kier molecular flexibility index (Phi) is 2.77. The van der Waals surface area contributed by atoms with Crippen molar-refractivity contribution in [3.8, 4) is 0 Å². The summed E-state index contributed by atoms with van der Waals surface area (Å²) in [5.41, 5.74) is 0.632. The van der Waals surface area contributed by atoms with E-state index in [1.807, 2.05) is 0 Å². The van der Waals surface area contributed by atoms with Crippen molar-refractivity contribution in [2.24, 2.45) is 0 Å². The van der Waals surface area contributed by atoms with Crippen LogP contribution in [0.1, 0.15) is 18.4 Å². The van der Waals surface area contributed by atoms with Gasteiger partial charge in [0.15, 0.2) is 0 Å². The highest BCUT2D eigenvalue weighted by Crippen LogP contribution is 2.36. The molecule has 0 radical (unpaired) electrons. The lowest BCUT2D eigenvalue weighted by atomic mass is 9.99. The van der Waals surface area contributed by atoms with Crippen molar-refractivity contribution in [3.05, 3.63) is 47.7 Å². The predicted octanol–water partition coefficient (Wildman–Crippen LogP) is 2.85. The van der Waals surface area contributed by atoms with Crippen molar-refractivity contribution in [3.63, 3.8) is 0 Å². The summed E-state index contributed by atoms with van der Waals surface area (Å²) in [5.74, 6) is -3.10. The first-order chi connectivity index (χ1) is 9.09. The molecule has 2 aliphatic rings. The standard InChI is InChI=1S/C14H14F2N2O/c15-14(16,10-5-2-1-3-6-10)12-9-11-7-4-8-18(11)13(19)17-12/h1-3,5-6,9,12H,4,7-8H2,(H,17,19). The van der Waals surface area contributed by atoms with Gasteiger partial charge in [0.2, 0.25) is 0 Å². The van der Waals surface area contributed by atoms with Crippen LogP contribution in [-0.2, 0) is 5.92 Å². The zero-order valence-corrected chi connectivity index (χ0v) is 10.3. The van der Waals surface area contributed by atoms with Crippen LogP contribution >= 0.6 is 0 Å². The Balaban J connectivity index is 1.94. The zero-order chi connectivity index (χ0) is 13.5. The Morgan fingerprint density at radius 2 is 2.00 bits per heavy atom. The molecule has 3 rings (SSSR count). The highest BCUT2D eigenvalue weighted by Gasteiger charge is 2.45. The highest BCUT2D eigenvalue weighted by molar-refractivity contribution is 5.79. The van der Waals surface area contributed by atoms with E-state index in [1.54, 1.807) is 18.2 Å². The van der Waals surface area contributed by atoms with E-state index in [1.165, 1.54) is 23.1 Å². The Morgan fingerprint density at radius 3 is 2.74 bits per heavy atom. The maximum atomic E-state index is 14.4. The molecule has 1 saturated heterocycles. The van der Waals surface area contributed by atoms with Crippen molar-refractivity contribution in [1.29, 1.82) is 0 Å². The van der Waals surface area contributed by atoms with Crippen LogP contribution in [0.5, 0.6) is 0 Å². The molecular formula is C14H14F2N2O. The van der Waals surface area contributed by atoms with Gasteiger partial charge in [-0.3, -0.25) is 4.90 Å². The minimum absolute atomic E-state index is 0.0800. The minimum Gasteiger partial charge on any atom is -0.325 e. The van der Waals surface area contributed by atoms with Gasteiger partial charge in [-0.05, 0) is 18.9 Å². The van der Waals surface area contributed by atoms with E-state index >= 15 is 0 Å². The van der Waals surface area contributed by atoms with Gasteiger partial charge in [0.05, 0.1) is 0 Å². The van der Waals surface area contributed by atoms with E-state index in [0.717, 1.165) is 6.42 Å². The number of fused-ring (bicyclic) bond motifs is 1. The number of hydrogen-bond donors (Lipinski definition) is 1. The van der Waals surface area contributed by atoms with Gasteiger partial charge in [-0.15, -0.1) is 0 Å². The summed E-state index contributed by atoms with van der Waals surface area (Å²) < 4.78 is 28.8.